The SMILES string of the molecule is C[C@H](NCC1CN(C)CCO1)c1cccnc1. The summed E-state index contributed by atoms with van der Waals surface area (Å²) in [6.07, 6.45) is 4.01. The number of ether oxygens (including phenoxy) is 1. The summed E-state index contributed by atoms with van der Waals surface area (Å²) in [6, 6.07) is 4.39. The average molecular weight is 235 g/mol. The molecular weight excluding hydrogens is 214 g/mol. The Bertz CT molecular complexity index is 331. The van der Waals surface area contributed by atoms with Crippen molar-refractivity contribution in [2.45, 2.75) is 19.1 Å². The van der Waals surface area contributed by atoms with Crippen molar-refractivity contribution >= 4 is 0 Å². The molecule has 0 bridgehead atoms. The standard InChI is InChI=1S/C13H21N3O/c1-11(12-4-3-5-14-8-12)15-9-13-10-16(2)6-7-17-13/h3-5,8,11,13,15H,6-7,9-10H2,1-2H3/t11-,13?/m0/s1. The molecule has 17 heavy (non-hydrogen) atoms. The number of nitrogens with one attached hydrogen (secondary N) is 1. The van der Waals surface area contributed by atoms with Crippen LogP contribution in [0.1, 0.15) is 18.5 Å². The van der Waals surface area contributed by atoms with Crippen LogP contribution in [-0.4, -0.2) is 49.3 Å². The van der Waals surface area contributed by atoms with Gasteiger partial charge in [0.2, 0.25) is 0 Å². The molecule has 1 aliphatic rings. The van der Waals surface area contributed by atoms with E-state index < -0.39 is 0 Å². The second-order valence-corrected chi connectivity index (χ2v) is 4.67. The molecule has 2 rings (SSSR count). The van der Waals surface area contributed by atoms with E-state index in [1.807, 2.05) is 12.3 Å². The molecule has 2 atom stereocenters. The third-order valence-corrected chi connectivity index (χ3v) is 3.18. The summed E-state index contributed by atoms with van der Waals surface area (Å²) in [5.74, 6) is 0. The monoisotopic (exact) mass is 235 g/mol. The molecular formula is C13H21N3O. The number of hydrogen-bond acceptors (Lipinski definition) is 4. The van der Waals surface area contributed by atoms with Crippen molar-refractivity contribution in [3.05, 3.63) is 30.1 Å². The lowest BCUT2D eigenvalue weighted by Crippen LogP contribution is -2.45. The second-order valence-electron chi connectivity index (χ2n) is 4.67. The normalized spacial score (nSPS) is 23.5. The smallest absolute Gasteiger partial charge is 0.0826 e. The van der Waals surface area contributed by atoms with Gasteiger partial charge in [-0.2, -0.15) is 0 Å². The Morgan fingerprint density at radius 3 is 3.24 bits per heavy atom. The van der Waals surface area contributed by atoms with E-state index in [0.717, 1.165) is 26.2 Å². The summed E-state index contributed by atoms with van der Waals surface area (Å²) < 4.78 is 5.71. The van der Waals surface area contributed by atoms with Gasteiger partial charge in [0.1, 0.15) is 0 Å². The molecule has 0 spiro atoms. The molecule has 0 radical (unpaired) electrons. The van der Waals surface area contributed by atoms with Crippen LogP contribution in [-0.2, 0) is 4.74 Å². The van der Waals surface area contributed by atoms with Crippen LogP contribution in [0.4, 0.5) is 0 Å². The zero-order valence-corrected chi connectivity index (χ0v) is 10.6. The van der Waals surface area contributed by atoms with Gasteiger partial charge in [-0.15, -0.1) is 0 Å². The number of pyridine rings is 1. The van der Waals surface area contributed by atoms with Crippen LogP contribution in [0.3, 0.4) is 0 Å². The number of hydrogen-bond donors (Lipinski definition) is 1. The molecule has 4 heteroatoms. The fourth-order valence-corrected chi connectivity index (χ4v) is 2.05. The minimum atomic E-state index is 0.299. The summed E-state index contributed by atoms with van der Waals surface area (Å²) in [4.78, 5) is 6.44. The van der Waals surface area contributed by atoms with Crippen LogP contribution in [0.25, 0.3) is 0 Å². The van der Waals surface area contributed by atoms with Gasteiger partial charge in [-0.1, -0.05) is 6.07 Å². The number of nitrogens with zero attached hydrogens (tertiary/aromatic N) is 2. The summed E-state index contributed by atoms with van der Waals surface area (Å²) in [5, 5.41) is 3.50. The van der Waals surface area contributed by atoms with Crippen LogP contribution in [0.5, 0.6) is 0 Å². The molecule has 1 saturated heterocycles. The molecule has 2 heterocycles. The molecule has 94 valence electrons. The Morgan fingerprint density at radius 1 is 1.65 bits per heavy atom. The van der Waals surface area contributed by atoms with Gasteiger partial charge >= 0.3 is 0 Å². The van der Waals surface area contributed by atoms with E-state index in [1.54, 1.807) is 6.20 Å². The summed E-state index contributed by atoms with van der Waals surface area (Å²) in [5.41, 5.74) is 1.22. The molecule has 0 amide bonds. The van der Waals surface area contributed by atoms with E-state index in [9.17, 15) is 0 Å². The van der Waals surface area contributed by atoms with E-state index in [4.69, 9.17) is 4.74 Å². The zero-order valence-electron chi connectivity index (χ0n) is 10.6. The quantitative estimate of drug-likeness (QED) is 0.847. The number of morpholine rings is 1. The maximum atomic E-state index is 5.71. The highest BCUT2D eigenvalue weighted by Crippen LogP contribution is 2.10. The Morgan fingerprint density at radius 2 is 2.53 bits per heavy atom. The lowest BCUT2D eigenvalue weighted by molar-refractivity contribution is -0.0190. The Balaban J connectivity index is 1.78. The van der Waals surface area contributed by atoms with E-state index in [2.05, 4.69) is 35.2 Å². The molecule has 1 unspecified atom stereocenters. The molecule has 1 aliphatic heterocycles. The van der Waals surface area contributed by atoms with Gasteiger partial charge in [-0.3, -0.25) is 4.98 Å². The summed E-state index contributed by atoms with van der Waals surface area (Å²) in [6.45, 7) is 5.93. The molecule has 4 nitrogen and oxygen atoms in total. The highest BCUT2D eigenvalue weighted by Gasteiger charge is 2.18. The average Bonchev–Trinajstić information content (AvgIpc) is 2.37. The molecule has 0 saturated carbocycles. The maximum absolute atomic E-state index is 5.71. The highest BCUT2D eigenvalue weighted by molar-refractivity contribution is 5.12. The zero-order chi connectivity index (χ0) is 12.1. The lowest BCUT2D eigenvalue weighted by Gasteiger charge is -2.31. The largest absolute Gasteiger partial charge is 0.374 e. The Hall–Kier alpha value is -0.970. The first-order valence-corrected chi connectivity index (χ1v) is 6.19. The van der Waals surface area contributed by atoms with Gasteiger partial charge in [0.25, 0.3) is 0 Å². The van der Waals surface area contributed by atoms with E-state index in [0.29, 0.717) is 12.1 Å². The number of rotatable bonds is 4. The van der Waals surface area contributed by atoms with Gasteiger partial charge < -0.3 is 15.0 Å². The van der Waals surface area contributed by atoms with Gasteiger partial charge in [-0.25, -0.2) is 0 Å². The van der Waals surface area contributed by atoms with Crippen molar-refractivity contribution in [1.29, 1.82) is 0 Å². The summed E-state index contributed by atoms with van der Waals surface area (Å²) >= 11 is 0. The van der Waals surface area contributed by atoms with Gasteiger partial charge in [-0.05, 0) is 25.6 Å². The van der Waals surface area contributed by atoms with Crippen LogP contribution in [0.2, 0.25) is 0 Å². The van der Waals surface area contributed by atoms with Crippen molar-refractivity contribution in [3.8, 4) is 0 Å². The van der Waals surface area contributed by atoms with Crippen LogP contribution in [0.15, 0.2) is 24.5 Å². The molecule has 1 aromatic heterocycles. The third kappa shape index (κ3) is 3.77. The molecule has 1 fully saturated rings. The molecule has 0 aliphatic carbocycles. The highest BCUT2D eigenvalue weighted by atomic mass is 16.5. The Labute approximate surface area is 103 Å². The Kier molecular flexibility index (Phi) is 4.48. The topological polar surface area (TPSA) is 37.4 Å². The summed E-state index contributed by atoms with van der Waals surface area (Å²) in [7, 11) is 2.14. The van der Waals surface area contributed by atoms with Crippen molar-refractivity contribution in [1.82, 2.24) is 15.2 Å². The van der Waals surface area contributed by atoms with Gasteiger partial charge in [0.15, 0.2) is 0 Å². The lowest BCUT2D eigenvalue weighted by atomic mass is 10.1. The number of likely N-dealkylation sites (N-methyl/N-ethyl adjacent to an activating group) is 1. The van der Waals surface area contributed by atoms with Crippen molar-refractivity contribution in [2.75, 3.05) is 33.3 Å². The van der Waals surface area contributed by atoms with E-state index in [-0.39, 0.29) is 0 Å². The minimum Gasteiger partial charge on any atom is -0.374 e. The van der Waals surface area contributed by atoms with Crippen LogP contribution >= 0.6 is 0 Å². The molecule has 0 aromatic carbocycles. The van der Waals surface area contributed by atoms with Crippen molar-refractivity contribution in [2.24, 2.45) is 0 Å². The fourth-order valence-electron chi connectivity index (χ4n) is 2.05. The van der Waals surface area contributed by atoms with E-state index in [1.165, 1.54) is 5.56 Å². The fraction of sp³-hybridized carbons (Fsp3) is 0.615. The second kappa shape index (κ2) is 6.10. The van der Waals surface area contributed by atoms with Crippen molar-refractivity contribution in [3.63, 3.8) is 0 Å². The predicted molar refractivity (Wildman–Crippen MR) is 67.9 cm³/mol. The minimum absolute atomic E-state index is 0.299. The predicted octanol–water partition coefficient (Wildman–Crippen LogP) is 1.06. The van der Waals surface area contributed by atoms with E-state index >= 15 is 0 Å². The molecule has 1 N–H and O–H groups in total. The van der Waals surface area contributed by atoms with Crippen LogP contribution < -0.4 is 5.32 Å². The number of aromatic nitrogens is 1. The van der Waals surface area contributed by atoms with Gasteiger partial charge in [0, 0.05) is 38.1 Å². The first-order chi connectivity index (χ1) is 8.25. The van der Waals surface area contributed by atoms with Gasteiger partial charge in [0.05, 0.1) is 12.7 Å². The van der Waals surface area contributed by atoms with Crippen LogP contribution in [0, 0.1) is 0 Å². The maximum Gasteiger partial charge on any atom is 0.0826 e. The first kappa shape index (κ1) is 12.5. The van der Waals surface area contributed by atoms with Crippen molar-refractivity contribution < 1.29 is 4.74 Å². The third-order valence-electron chi connectivity index (χ3n) is 3.18. The molecule has 1 aromatic rings. The first-order valence-electron chi connectivity index (χ1n) is 6.19.